The van der Waals surface area contributed by atoms with E-state index < -0.39 is 0 Å². The average Bonchev–Trinajstić information content (AvgIpc) is 2.69. The summed E-state index contributed by atoms with van der Waals surface area (Å²) in [6.45, 7) is 1.69. The highest BCUT2D eigenvalue weighted by Gasteiger charge is 2.13. The van der Waals surface area contributed by atoms with Crippen molar-refractivity contribution in [2.45, 2.75) is 25.7 Å². The molecule has 1 aliphatic heterocycles. The molecule has 1 aromatic rings. The van der Waals surface area contributed by atoms with Crippen LogP contribution in [-0.2, 0) is 11.3 Å². The first-order valence-corrected chi connectivity index (χ1v) is 4.70. The Hall–Kier alpha value is -0.930. The minimum atomic E-state index is 0.238. The molecular weight excluding hydrogens is 164 g/mol. The number of ether oxygens (including phenoxy) is 1. The molecule has 0 aliphatic carbocycles. The summed E-state index contributed by atoms with van der Waals surface area (Å²) in [6, 6.07) is 5.88. The van der Waals surface area contributed by atoms with E-state index in [2.05, 4.69) is 10.3 Å². The van der Waals surface area contributed by atoms with Crippen LogP contribution in [0.5, 0.6) is 0 Å². The van der Waals surface area contributed by atoms with Gasteiger partial charge < -0.3 is 4.74 Å². The molecular formula is C10H14N2O. The first-order valence-electron chi connectivity index (χ1n) is 4.70. The van der Waals surface area contributed by atoms with Crippen molar-refractivity contribution < 1.29 is 4.74 Å². The Morgan fingerprint density at radius 1 is 1.54 bits per heavy atom. The predicted molar refractivity (Wildman–Crippen MR) is 50.1 cm³/mol. The molecule has 2 rings (SSSR count). The minimum Gasteiger partial charge on any atom is -0.357 e. The van der Waals surface area contributed by atoms with Crippen molar-refractivity contribution in [1.29, 1.82) is 0 Å². The lowest BCUT2D eigenvalue weighted by Crippen LogP contribution is -2.24. The number of pyridine rings is 1. The zero-order valence-electron chi connectivity index (χ0n) is 7.57. The number of hydrogen-bond acceptors (Lipinski definition) is 3. The summed E-state index contributed by atoms with van der Waals surface area (Å²) in [6.07, 6.45) is 4.36. The van der Waals surface area contributed by atoms with Crippen molar-refractivity contribution in [2.24, 2.45) is 0 Å². The van der Waals surface area contributed by atoms with E-state index in [9.17, 15) is 0 Å². The quantitative estimate of drug-likeness (QED) is 0.757. The molecule has 70 valence electrons. The van der Waals surface area contributed by atoms with Crippen molar-refractivity contribution in [3.05, 3.63) is 30.1 Å². The van der Waals surface area contributed by atoms with Gasteiger partial charge in [-0.25, -0.2) is 0 Å². The van der Waals surface area contributed by atoms with Crippen LogP contribution in [-0.4, -0.2) is 17.8 Å². The number of nitrogens with one attached hydrogen (secondary N) is 1. The summed E-state index contributed by atoms with van der Waals surface area (Å²) in [4.78, 5) is 4.19. The second-order valence-electron chi connectivity index (χ2n) is 3.22. The third kappa shape index (κ3) is 2.50. The SMILES string of the molecule is c1ccc(COC2CCCN2)nc1. The Morgan fingerprint density at radius 2 is 2.54 bits per heavy atom. The third-order valence-electron chi connectivity index (χ3n) is 2.17. The summed E-state index contributed by atoms with van der Waals surface area (Å²) in [7, 11) is 0. The maximum Gasteiger partial charge on any atom is 0.108 e. The molecule has 0 aromatic carbocycles. The van der Waals surface area contributed by atoms with Gasteiger partial charge in [0, 0.05) is 6.20 Å². The monoisotopic (exact) mass is 178 g/mol. The van der Waals surface area contributed by atoms with Gasteiger partial charge in [0.05, 0.1) is 12.3 Å². The summed E-state index contributed by atoms with van der Waals surface area (Å²) < 4.78 is 5.62. The third-order valence-corrected chi connectivity index (χ3v) is 2.17. The van der Waals surface area contributed by atoms with Crippen LogP contribution in [0.15, 0.2) is 24.4 Å². The molecule has 1 N–H and O–H groups in total. The van der Waals surface area contributed by atoms with E-state index in [-0.39, 0.29) is 6.23 Å². The summed E-state index contributed by atoms with van der Waals surface area (Å²) in [5.41, 5.74) is 0.996. The van der Waals surface area contributed by atoms with E-state index in [1.54, 1.807) is 6.20 Å². The average molecular weight is 178 g/mol. The van der Waals surface area contributed by atoms with Crippen molar-refractivity contribution in [2.75, 3.05) is 6.54 Å². The van der Waals surface area contributed by atoms with E-state index in [0.717, 1.165) is 18.7 Å². The number of hydrogen-bond donors (Lipinski definition) is 1. The second-order valence-corrected chi connectivity index (χ2v) is 3.22. The lowest BCUT2D eigenvalue weighted by atomic mass is 10.3. The minimum absolute atomic E-state index is 0.238. The summed E-state index contributed by atoms with van der Waals surface area (Å²) in [5, 5.41) is 3.28. The van der Waals surface area contributed by atoms with Gasteiger partial charge in [0.2, 0.25) is 0 Å². The van der Waals surface area contributed by atoms with Gasteiger partial charge in [0.15, 0.2) is 0 Å². The van der Waals surface area contributed by atoms with E-state index in [0.29, 0.717) is 6.61 Å². The Kier molecular flexibility index (Phi) is 2.90. The Bertz CT molecular complexity index is 244. The van der Waals surface area contributed by atoms with Crippen LogP contribution in [0.4, 0.5) is 0 Å². The molecule has 1 aromatic heterocycles. The van der Waals surface area contributed by atoms with Crippen LogP contribution in [0.1, 0.15) is 18.5 Å². The van der Waals surface area contributed by atoms with Gasteiger partial charge >= 0.3 is 0 Å². The van der Waals surface area contributed by atoms with Crippen LogP contribution < -0.4 is 5.32 Å². The molecule has 0 saturated carbocycles. The lowest BCUT2D eigenvalue weighted by Gasteiger charge is -2.10. The fraction of sp³-hybridized carbons (Fsp3) is 0.500. The molecule has 3 nitrogen and oxygen atoms in total. The molecule has 1 saturated heterocycles. The standard InChI is InChI=1S/C10H14N2O/c1-2-6-11-9(4-1)8-13-10-5-3-7-12-10/h1-2,4,6,10,12H,3,5,7-8H2. The van der Waals surface area contributed by atoms with Crippen molar-refractivity contribution >= 4 is 0 Å². The molecule has 1 atom stereocenters. The highest BCUT2D eigenvalue weighted by Crippen LogP contribution is 2.08. The van der Waals surface area contributed by atoms with Crippen molar-refractivity contribution in [3.8, 4) is 0 Å². The van der Waals surface area contributed by atoms with E-state index >= 15 is 0 Å². The highest BCUT2D eigenvalue weighted by molar-refractivity contribution is 5.01. The first-order chi connectivity index (χ1) is 6.45. The van der Waals surface area contributed by atoms with Crippen LogP contribution in [0.25, 0.3) is 0 Å². The summed E-state index contributed by atoms with van der Waals surface area (Å²) in [5.74, 6) is 0. The first kappa shape index (κ1) is 8.66. The second kappa shape index (κ2) is 4.35. The normalized spacial score (nSPS) is 22.0. The molecule has 0 radical (unpaired) electrons. The maximum absolute atomic E-state index is 5.62. The smallest absolute Gasteiger partial charge is 0.108 e. The molecule has 0 spiro atoms. The number of aromatic nitrogens is 1. The molecule has 0 amide bonds. The van der Waals surface area contributed by atoms with Gasteiger partial charge in [0.1, 0.15) is 6.23 Å². The van der Waals surface area contributed by atoms with Gasteiger partial charge in [-0.2, -0.15) is 0 Å². The van der Waals surface area contributed by atoms with Crippen molar-refractivity contribution in [3.63, 3.8) is 0 Å². The van der Waals surface area contributed by atoms with Gasteiger partial charge in [-0.15, -0.1) is 0 Å². The van der Waals surface area contributed by atoms with E-state index in [4.69, 9.17) is 4.74 Å². The van der Waals surface area contributed by atoms with Crippen molar-refractivity contribution in [1.82, 2.24) is 10.3 Å². The number of nitrogens with zero attached hydrogens (tertiary/aromatic N) is 1. The van der Waals surface area contributed by atoms with Gasteiger partial charge in [-0.05, 0) is 31.5 Å². The molecule has 1 aliphatic rings. The topological polar surface area (TPSA) is 34.1 Å². The largest absolute Gasteiger partial charge is 0.357 e. The van der Waals surface area contributed by atoms with Gasteiger partial charge in [-0.1, -0.05) is 6.07 Å². The fourth-order valence-electron chi connectivity index (χ4n) is 1.46. The molecule has 1 fully saturated rings. The van der Waals surface area contributed by atoms with E-state index in [1.165, 1.54) is 6.42 Å². The Labute approximate surface area is 78.1 Å². The molecule has 1 unspecified atom stereocenters. The van der Waals surface area contributed by atoms with Crippen LogP contribution >= 0.6 is 0 Å². The predicted octanol–water partition coefficient (Wildman–Crippen LogP) is 1.31. The Balaban J connectivity index is 1.79. The van der Waals surface area contributed by atoms with Crippen LogP contribution in [0.3, 0.4) is 0 Å². The van der Waals surface area contributed by atoms with Crippen LogP contribution in [0, 0.1) is 0 Å². The fourth-order valence-corrected chi connectivity index (χ4v) is 1.46. The maximum atomic E-state index is 5.62. The highest BCUT2D eigenvalue weighted by atomic mass is 16.5. The molecule has 2 heterocycles. The van der Waals surface area contributed by atoms with Gasteiger partial charge in [0.25, 0.3) is 0 Å². The Morgan fingerprint density at radius 3 is 3.23 bits per heavy atom. The molecule has 13 heavy (non-hydrogen) atoms. The zero-order valence-corrected chi connectivity index (χ0v) is 7.57. The summed E-state index contributed by atoms with van der Waals surface area (Å²) >= 11 is 0. The lowest BCUT2D eigenvalue weighted by molar-refractivity contribution is 0.0293. The van der Waals surface area contributed by atoms with E-state index in [1.807, 2.05) is 18.2 Å². The molecule has 0 bridgehead atoms. The molecule has 3 heteroatoms. The number of rotatable bonds is 3. The van der Waals surface area contributed by atoms with Gasteiger partial charge in [-0.3, -0.25) is 10.3 Å². The van der Waals surface area contributed by atoms with Crippen LogP contribution in [0.2, 0.25) is 0 Å². The zero-order chi connectivity index (χ0) is 8.93.